The Hall–Kier alpha value is -0.720. The van der Waals surface area contributed by atoms with Crippen LogP contribution in [0.3, 0.4) is 0 Å². The maximum absolute atomic E-state index is 6.10. The standard InChI is InChI=1S/C14H27N/c1-9-11(15)12(14(6,7)8)10(2)13(3,4)5/h9H,15H2,1-8H3/b11-9+,12-10-. The molecule has 0 unspecified atom stereocenters. The third kappa shape index (κ3) is 3.73. The van der Waals surface area contributed by atoms with Crippen molar-refractivity contribution in [1.82, 2.24) is 0 Å². The average Bonchev–Trinajstić information content (AvgIpc) is 1.99. The second-order valence-corrected chi connectivity index (χ2v) is 6.24. The molecule has 0 fully saturated rings. The van der Waals surface area contributed by atoms with Gasteiger partial charge >= 0.3 is 0 Å². The monoisotopic (exact) mass is 209 g/mol. The number of hydrogen-bond acceptors (Lipinski definition) is 1. The van der Waals surface area contributed by atoms with E-state index in [9.17, 15) is 0 Å². The number of nitrogens with two attached hydrogens (primary N) is 1. The summed E-state index contributed by atoms with van der Waals surface area (Å²) in [5.41, 5.74) is 9.97. The van der Waals surface area contributed by atoms with Gasteiger partial charge < -0.3 is 5.73 Å². The van der Waals surface area contributed by atoms with Gasteiger partial charge in [0.1, 0.15) is 0 Å². The molecule has 0 aromatic carbocycles. The number of hydrogen-bond donors (Lipinski definition) is 1. The number of allylic oxidation sites excluding steroid dienone is 3. The molecule has 0 bridgehead atoms. The predicted octanol–water partition coefficient (Wildman–Crippen LogP) is 4.26. The van der Waals surface area contributed by atoms with Crippen LogP contribution < -0.4 is 5.73 Å². The van der Waals surface area contributed by atoms with Crippen molar-refractivity contribution in [1.29, 1.82) is 0 Å². The van der Waals surface area contributed by atoms with Gasteiger partial charge in [-0.2, -0.15) is 0 Å². The highest BCUT2D eigenvalue weighted by Crippen LogP contribution is 2.38. The van der Waals surface area contributed by atoms with Crippen molar-refractivity contribution in [2.24, 2.45) is 16.6 Å². The normalized spacial score (nSPS) is 16.4. The van der Waals surface area contributed by atoms with E-state index in [0.717, 1.165) is 5.70 Å². The van der Waals surface area contributed by atoms with Crippen LogP contribution in [0.2, 0.25) is 0 Å². The lowest BCUT2D eigenvalue weighted by atomic mass is 9.74. The van der Waals surface area contributed by atoms with Crippen LogP contribution in [-0.4, -0.2) is 0 Å². The van der Waals surface area contributed by atoms with Gasteiger partial charge in [-0.3, -0.25) is 0 Å². The minimum Gasteiger partial charge on any atom is -0.399 e. The Balaban J connectivity index is 5.70. The van der Waals surface area contributed by atoms with Crippen LogP contribution in [0.25, 0.3) is 0 Å². The van der Waals surface area contributed by atoms with Gasteiger partial charge in [-0.25, -0.2) is 0 Å². The summed E-state index contributed by atoms with van der Waals surface area (Å²) in [5, 5.41) is 0. The summed E-state index contributed by atoms with van der Waals surface area (Å²) in [6.45, 7) is 17.5. The lowest BCUT2D eigenvalue weighted by molar-refractivity contribution is 0.448. The molecule has 2 N–H and O–H groups in total. The summed E-state index contributed by atoms with van der Waals surface area (Å²) in [4.78, 5) is 0. The van der Waals surface area contributed by atoms with E-state index in [0.29, 0.717) is 0 Å². The van der Waals surface area contributed by atoms with Gasteiger partial charge in [0, 0.05) is 5.70 Å². The highest BCUT2D eigenvalue weighted by molar-refractivity contribution is 5.38. The van der Waals surface area contributed by atoms with Crippen LogP contribution >= 0.6 is 0 Å². The second-order valence-electron chi connectivity index (χ2n) is 6.24. The molecular weight excluding hydrogens is 182 g/mol. The van der Waals surface area contributed by atoms with Crippen molar-refractivity contribution in [2.75, 3.05) is 0 Å². The lowest BCUT2D eigenvalue weighted by Crippen LogP contribution is -2.22. The Morgan fingerprint density at radius 1 is 0.933 bits per heavy atom. The molecule has 1 heteroatoms. The van der Waals surface area contributed by atoms with Crippen LogP contribution in [0.4, 0.5) is 0 Å². The fraction of sp³-hybridized carbons (Fsp3) is 0.714. The largest absolute Gasteiger partial charge is 0.399 e. The summed E-state index contributed by atoms with van der Waals surface area (Å²) in [6, 6.07) is 0. The highest BCUT2D eigenvalue weighted by Gasteiger charge is 2.26. The molecule has 0 aliphatic heterocycles. The SMILES string of the molecule is C/C=C(N)\C(=C(/C)C(C)(C)C)C(C)(C)C. The van der Waals surface area contributed by atoms with Crippen LogP contribution in [0, 0.1) is 10.8 Å². The fourth-order valence-corrected chi connectivity index (χ4v) is 1.73. The summed E-state index contributed by atoms with van der Waals surface area (Å²) < 4.78 is 0. The van der Waals surface area contributed by atoms with E-state index in [1.54, 1.807) is 0 Å². The molecule has 0 spiro atoms. The smallest absolute Gasteiger partial charge is 0.0308 e. The van der Waals surface area contributed by atoms with E-state index >= 15 is 0 Å². The Labute approximate surface area is 95.4 Å². The van der Waals surface area contributed by atoms with E-state index in [-0.39, 0.29) is 10.8 Å². The van der Waals surface area contributed by atoms with Crippen molar-refractivity contribution in [3.05, 3.63) is 22.9 Å². The molecule has 0 aromatic heterocycles. The van der Waals surface area contributed by atoms with E-state index in [1.807, 2.05) is 13.0 Å². The number of rotatable bonds is 1. The minimum absolute atomic E-state index is 0.105. The molecule has 15 heavy (non-hydrogen) atoms. The summed E-state index contributed by atoms with van der Waals surface area (Å²) in [7, 11) is 0. The van der Waals surface area contributed by atoms with Crippen LogP contribution in [-0.2, 0) is 0 Å². The summed E-state index contributed by atoms with van der Waals surface area (Å²) in [5.74, 6) is 0. The van der Waals surface area contributed by atoms with Crippen LogP contribution in [0.1, 0.15) is 55.4 Å². The maximum atomic E-state index is 6.10. The molecule has 0 aliphatic carbocycles. The first-order chi connectivity index (χ1) is 6.51. The summed E-state index contributed by atoms with van der Waals surface area (Å²) in [6.07, 6.45) is 2.00. The zero-order valence-corrected chi connectivity index (χ0v) is 11.7. The van der Waals surface area contributed by atoms with Crippen LogP contribution in [0.5, 0.6) is 0 Å². The molecule has 0 atom stereocenters. The van der Waals surface area contributed by atoms with Crippen molar-refractivity contribution in [3.63, 3.8) is 0 Å². The zero-order valence-electron chi connectivity index (χ0n) is 11.7. The maximum Gasteiger partial charge on any atom is 0.0308 e. The Bertz CT molecular complexity index is 279. The molecule has 0 radical (unpaired) electrons. The van der Waals surface area contributed by atoms with E-state index < -0.39 is 0 Å². The molecular formula is C14H27N. The first kappa shape index (κ1) is 14.3. The fourth-order valence-electron chi connectivity index (χ4n) is 1.73. The van der Waals surface area contributed by atoms with E-state index in [1.165, 1.54) is 11.1 Å². The van der Waals surface area contributed by atoms with Gasteiger partial charge in [0.25, 0.3) is 0 Å². The van der Waals surface area contributed by atoms with E-state index in [4.69, 9.17) is 5.73 Å². The third-order valence-electron chi connectivity index (χ3n) is 2.85. The van der Waals surface area contributed by atoms with Crippen LogP contribution in [0.15, 0.2) is 22.9 Å². The van der Waals surface area contributed by atoms with Crippen molar-refractivity contribution < 1.29 is 0 Å². The Kier molecular flexibility index (Phi) is 4.21. The molecule has 0 aromatic rings. The average molecular weight is 209 g/mol. The molecule has 88 valence electrons. The molecule has 0 rings (SSSR count). The molecule has 0 aliphatic rings. The van der Waals surface area contributed by atoms with Crippen molar-refractivity contribution in [2.45, 2.75) is 55.4 Å². The highest BCUT2D eigenvalue weighted by atomic mass is 14.6. The molecule has 0 saturated heterocycles. The minimum atomic E-state index is 0.105. The Morgan fingerprint density at radius 3 is 1.53 bits per heavy atom. The lowest BCUT2D eigenvalue weighted by Gasteiger charge is -2.32. The van der Waals surface area contributed by atoms with Gasteiger partial charge in [0.05, 0.1) is 0 Å². The first-order valence-electron chi connectivity index (χ1n) is 5.65. The van der Waals surface area contributed by atoms with Gasteiger partial charge in [-0.15, -0.1) is 0 Å². The topological polar surface area (TPSA) is 26.0 Å². The van der Waals surface area contributed by atoms with Crippen molar-refractivity contribution >= 4 is 0 Å². The van der Waals surface area contributed by atoms with Gasteiger partial charge in [0.2, 0.25) is 0 Å². The Morgan fingerprint density at radius 2 is 1.33 bits per heavy atom. The second kappa shape index (κ2) is 4.42. The molecule has 0 heterocycles. The van der Waals surface area contributed by atoms with E-state index in [2.05, 4.69) is 48.5 Å². The molecule has 0 amide bonds. The van der Waals surface area contributed by atoms with Gasteiger partial charge in [-0.05, 0) is 30.3 Å². The first-order valence-corrected chi connectivity index (χ1v) is 5.65. The van der Waals surface area contributed by atoms with Gasteiger partial charge in [-0.1, -0.05) is 53.2 Å². The third-order valence-corrected chi connectivity index (χ3v) is 2.85. The molecule has 0 saturated carbocycles. The quantitative estimate of drug-likeness (QED) is 0.642. The zero-order chi connectivity index (χ0) is 12.4. The predicted molar refractivity (Wildman–Crippen MR) is 69.6 cm³/mol. The van der Waals surface area contributed by atoms with Gasteiger partial charge in [0.15, 0.2) is 0 Å². The molecule has 1 nitrogen and oxygen atoms in total. The van der Waals surface area contributed by atoms with Crippen molar-refractivity contribution in [3.8, 4) is 0 Å². The summed E-state index contributed by atoms with van der Waals surface area (Å²) >= 11 is 0.